The maximum atomic E-state index is 13.1. The van der Waals surface area contributed by atoms with E-state index in [1.54, 1.807) is 0 Å². The Bertz CT molecular complexity index is 1420. The molecule has 1 aliphatic heterocycles. The number of hydrogen-bond acceptors (Lipinski definition) is 3. The Morgan fingerprint density at radius 3 is 2.61 bits per heavy atom. The van der Waals surface area contributed by atoms with Crippen molar-refractivity contribution < 1.29 is 17.9 Å². The van der Waals surface area contributed by atoms with Gasteiger partial charge in [-0.3, -0.25) is 9.36 Å². The highest BCUT2D eigenvalue weighted by atomic mass is 19.4. The SMILES string of the molecule is O=c1c2ccc(C(F)(F)F)cc2nc2n1CCC2=Cc1cccc(OCc2ccccc2)c1. The number of nitrogens with zero attached hydrogens (tertiary/aromatic N) is 2. The van der Waals surface area contributed by atoms with Gasteiger partial charge < -0.3 is 4.74 Å². The first-order chi connectivity index (χ1) is 15.9. The maximum absolute atomic E-state index is 13.1. The van der Waals surface area contributed by atoms with Crippen molar-refractivity contribution in [3.8, 4) is 5.75 Å². The predicted octanol–water partition coefficient (Wildman–Crippen LogP) is 5.94. The molecule has 0 amide bonds. The summed E-state index contributed by atoms with van der Waals surface area (Å²) in [6, 6.07) is 20.4. The third kappa shape index (κ3) is 4.26. The van der Waals surface area contributed by atoms with Gasteiger partial charge in [-0.15, -0.1) is 0 Å². The summed E-state index contributed by atoms with van der Waals surface area (Å²) in [4.78, 5) is 17.3. The molecular formula is C26H19F3N2O2. The van der Waals surface area contributed by atoms with Gasteiger partial charge in [-0.05, 0) is 59.5 Å². The van der Waals surface area contributed by atoms with Crippen molar-refractivity contribution in [3.63, 3.8) is 0 Å². The molecule has 0 saturated heterocycles. The number of ether oxygens (including phenoxy) is 1. The van der Waals surface area contributed by atoms with Gasteiger partial charge in [0.1, 0.15) is 18.2 Å². The van der Waals surface area contributed by atoms with Crippen molar-refractivity contribution in [3.05, 3.63) is 106 Å². The van der Waals surface area contributed by atoms with Crippen LogP contribution in [0.1, 0.15) is 28.9 Å². The standard InChI is InChI=1S/C26H19F3N2O2/c27-26(28,29)20-9-10-22-23(15-20)30-24-19(11-12-31(24)25(22)32)13-18-7-4-8-21(14-18)33-16-17-5-2-1-3-6-17/h1-10,13-15H,11-12,16H2. The zero-order chi connectivity index (χ0) is 23.0. The van der Waals surface area contributed by atoms with E-state index in [9.17, 15) is 18.0 Å². The third-order valence-electron chi connectivity index (χ3n) is 5.62. The first-order valence-corrected chi connectivity index (χ1v) is 10.5. The molecule has 1 aromatic heterocycles. The van der Waals surface area contributed by atoms with E-state index < -0.39 is 11.7 Å². The van der Waals surface area contributed by atoms with Crippen LogP contribution in [0.3, 0.4) is 0 Å². The molecule has 0 saturated carbocycles. The molecule has 4 nitrogen and oxygen atoms in total. The lowest BCUT2D eigenvalue weighted by Gasteiger charge is -2.10. The minimum atomic E-state index is -4.50. The van der Waals surface area contributed by atoms with Crippen molar-refractivity contribution in [2.45, 2.75) is 25.7 Å². The smallest absolute Gasteiger partial charge is 0.416 e. The highest BCUT2D eigenvalue weighted by Gasteiger charge is 2.31. The molecule has 0 fully saturated rings. The first kappa shape index (κ1) is 21.0. The van der Waals surface area contributed by atoms with Gasteiger partial charge in [0.2, 0.25) is 0 Å². The summed E-state index contributed by atoms with van der Waals surface area (Å²) in [6.45, 7) is 0.877. The molecule has 166 valence electrons. The molecular weight excluding hydrogens is 429 g/mol. The molecule has 0 unspecified atom stereocenters. The number of rotatable bonds is 4. The topological polar surface area (TPSA) is 44.1 Å². The Labute approximate surface area is 187 Å². The van der Waals surface area contributed by atoms with E-state index in [2.05, 4.69) is 4.98 Å². The zero-order valence-electron chi connectivity index (χ0n) is 17.5. The molecule has 3 aromatic carbocycles. The van der Waals surface area contributed by atoms with Gasteiger partial charge in [0.05, 0.1) is 16.5 Å². The Morgan fingerprint density at radius 2 is 1.82 bits per heavy atom. The third-order valence-corrected chi connectivity index (χ3v) is 5.62. The summed E-state index contributed by atoms with van der Waals surface area (Å²) in [5.74, 6) is 1.10. The van der Waals surface area contributed by atoms with E-state index in [0.717, 1.165) is 28.8 Å². The van der Waals surface area contributed by atoms with Gasteiger partial charge in [0.15, 0.2) is 0 Å². The number of allylic oxidation sites excluding steroid dienone is 1. The lowest BCUT2D eigenvalue weighted by atomic mass is 10.1. The fraction of sp³-hybridized carbons (Fsp3) is 0.154. The van der Waals surface area contributed by atoms with Crippen molar-refractivity contribution >= 4 is 22.6 Å². The quantitative estimate of drug-likeness (QED) is 0.388. The van der Waals surface area contributed by atoms with Crippen LogP contribution in [0.4, 0.5) is 13.2 Å². The lowest BCUT2D eigenvalue weighted by molar-refractivity contribution is -0.137. The van der Waals surface area contributed by atoms with E-state index in [1.807, 2.05) is 60.7 Å². The van der Waals surface area contributed by atoms with Crippen LogP contribution in [0.15, 0.2) is 77.6 Å². The van der Waals surface area contributed by atoms with E-state index in [4.69, 9.17) is 4.74 Å². The van der Waals surface area contributed by atoms with Crippen LogP contribution in [0.25, 0.3) is 22.6 Å². The van der Waals surface area contributed by atoms with Crippen LogP contribution < -0.4 is 10.3 Å². The number of hydrogen-bond donors (Lipinski definition) is 0. The Hall–Kier alpha value is -3.87. The highest BCUT2D eigenvalue weighted by molar-refractivity contribution is 5.85. The molecule has 0 radical (unpaired) electrons. The van der Waals surface area contributed by atoms with Crippen LogP contribution in [0.2, 0.25) is 0 Å². The molecule has 0 bridgehead atoms. The van der Waals surface area contributed by atoms with Gasteiger partial charge in [0, 0.05) is 6.54 Å². The second-order valence-corrected chi connectivity index (χ2v) is 7.89. The summed E-state index contributed by atoms with van der Waals surface area (Å²) < 4.78 is 46.8. The van der Waals surface area contributed by atoms with Crippen molar-refractivity contribution in [2.75, 3.05) is 0 Å². The highest BCUT2D eigenvalue weighted by Crippen LogP contribution is 2.32. The average Bonchev–Trinajstić information content (AvgIpc) is 3.20. The Balaban J connectivity index is 1.47. The first-order valence-electron chi connectivity index (χ1n) is 10.5. The van der Waals surface area contributed by atoms with E-state index in [1.165, 1.54) is 10.6 Å². The maximum Gasteiger partial charge on any atom is 0.416 e. The van der Waals surface area contributed by atoms with Gasteiger partial charge in [-0.25, -0.2) is 4.98 Å². The number of fused-ring (bicyclic) bond motifs is 2. The van der Waals surface area contributed by atoms with Gasteiger partial charge >= 0.3 is 6.18 Å². The van der Waals surface area contributed by atoms with Gasteiger partial charge in [-0.2, -0.15) is 13.2 Å². The van der Waals surface area contributed by atoms with Crippen LogP contribution in [0, 0.1) is 0 Å². The van der Waals surface area contributed by atoms with E-state index in [0.29, 0.717) is 31.1 Å². The van der Waals surface area contributed by atoms with E-state index in [-0.39, 0.29) is 16.5 Å². The monoisotopic (exact) mass is 448 g/mol. The second-order valence-electron chi connectivity index (χ2n) is 7.89. The number of halogens is 3. The van der Waals surface area contributed by atoms with Gasteiger partial charge in [-0.1, -0.05) is 42.5 Å². The molecule has 33 heavy (non-hydrogen) atoms. The summed E-state index contributed by atoms with van der Waals surface area (Å²) in [6.07, 6.45) is -2.02. The second kappa shape index (κ2) is 8.24. The minimum Gasteiger partial charge on any atom is -0.489 e. The van der Waals surface area contributed by atoms with Crippen LogP contribution in [-0.4, -0.2) is 9.55 Å². The number of benzene rings is 3. The normalized spacial score (nSPS) is 14.6. The van der Waals surface area contributed by atoms with Crippen LogP contribution >= 0.6 is 0 Å². The molecule has 1 aliphatic rings. The van der Waals surface area contributed by atoms with Crippen LogP contribution in [-0.2, 0) is 19.3 Å². The predicted molar refractivity (Wildman–Crippen MR) is 121 cm³/mol. The molecule has 2 heterocycles. The van der Waals surface area contributed by atoms with E-state index >= 15 is 0 Å². The summed E-state index contributed by atoms with van der Waals surface area (Å²) >= 11 is 0. The lowest BCUT2D eigenvalue weighted by Crippen LogP contribution is -2.21. The zero-order valence-corrected chi connectivity index (χ0v) is 17.5. The molecule has 7 heteroatoms. The summed E-state index contributed by atoms with van der Waals surface area (Å²) in [5, 5.41) is 0.185. The number of aromatic nitrogens is 2. The fourth-order valence-electron chi connectivity index (χ4n) is 3.97. The van der Waals surface area contributed by atoms with Crippen molar-refractivity contribution in [1.82, 2.24) is 9.55 Å². The van der Waals surface area contributed by atoms with Gasteiger partial charge in [0.25, 0.3) is 5.56 Å². The Kier molecular flexibility index (Phi) is 5.24. The van der Waals surface area contributed by atoms with Crippen LogP contribution in [0.5, 0.6) is 5.75 Å². The largest absolute Gasteiger partial charge is 0.489 e. The average molecular weight is 448 g/mol. The fourth-order valence-corrected chi connectivity index (χ4v) is 3.97. The van der Waals surface area contributed by atoms with Crippen molar-refractivity contribution in [2.24, 2.45) is 0 Å². The molecule has 0 spiro atoms. The Morgan fingerprint density at radius 1 is 1.00 bits per heavy atom. The van der Waals surface area contributed by atoms with Crippen molar-refractivity contribution in [1.29, 1.82) is 0 Å². The summed E-state index contributed by atoms with van der Waals surface area (Å²) in [5.41, 5.74) is 1.62. The molecule has 5 rings (SSSR count). The molecule has 0 aliphatic carbocycles. The minimum absolute atomic E-state index is 0.0498. The number of alkyl halides is 3. The molecule has 4 aromatic rings. The molecule has 0 N–H and O–H groups in total. The molecule has 0 atom stereocenters. The summed E-state index contributed by atoms with van der Waals surface area (Å²) in [7, 11) is 0.